The van der Waals surface area contributed by atoms with E-state index in [1.54, 1.807) is 47.1 Å². The minimum atomic E-state index is -3.32. The Morgan fingerprint density at radius 3 is 2.46 bits per heavy atom. The van der Waals surface area contributed by atoms with E-state index in [1.807, 2.05) is 42.2 Å². The molecular weight excluding hydrogens is 732 g/mol. The summed E-state index contributed by atoms with van der Waals surface area (Å²) >= 11 is 0. The first-order chi connectivity index (χ1) is 26.2. The highest BCUT2D eigenvalue weighted by atomic mass is 19.1. The summed E-state index contributed by atoms with van der Waals surface area (Å²) in [5.74, 6) is -6.62. The topological polar surface area (TPSA) is 163 Å². The molecule has 2 aromatic rings. The van der Waals surface area contributed by atoms with Crippen molar-refractivity contribution in [1.82, 2.24) is 15.2 Å². The van der Waals surface area contributed by atoms with Gasteiger partial charge in [0.1, 0.15) is 29.7 Å². The molecule has 1 amide bonds. The number of alkyl halides is 2. The molecule has 0 radical (unpaired) electrons. The summed E-state index contributed by atoms with van der Waals surface area (Å²) in [6.45, 7) is 9.07. The first-order valence-corrected chi connectivity index (χ1v) is 19.1. The molecule has 56 heavy (non-hydrogen) atoms. The van der Waals surface area contributed by atoms with Gasteiger partial charge in [-0.05, 0) is 78.4 Å². The van der Waals surface area contributed by atoms with Crippen LogP contribution in [0.3, 0.4) is 0 Å². The third kappa shape index (κ3) is 8.60. The molecule has 0 unspecified atom stereocenters. The van der Waals surface area contributed by atoms with E-state index in [0.717, 1.165) is 17.8 Å². The van der Waals surface area contributed by atoms with Crippen molar-refractivity contribution in [2.45, 2.75) is 127 Å². The number of alkyl carbamates (subject to hydrolysis) is 1. The van der Waals surface area contributed by atoms with Crippen molar-refractivity contribution in [3.8, 4) is 0 Å². The molecule has 0 saturated carbocycles. The number of ketones is 2. The molecule has 2 N–H and O–H groups in total. The molecule has 13 atom stereocenters. The molecular formula is C41H55F2N3O10. The third-order valence-electron chi connectivity index (χ3n) is 11.7. The van der Waals surface area contributed by atoms with Crippen LogP contribution in [0.4, 0.5) is 13.6 Å². The minimum Gasteiger partial charge on any atom is -0.492 e. The number of cyclic esters (lactones) is 1. The Balaban J connectivity index is 1.63. The number of likely N-dealkylation sites (N-methyl/N-ethyl adjacent to an activating group) is 1. The lowest BCUT2D eigenvalue weighted by Gasteiger charge is -2.47. The standard InChI is InChI=1S/C41H55F2N3O10/c1-22-21-39(5,52-18-15-26-12-13-27-11-10-17-44-28(27)20-26)35(55-36-32(48)29(46(8)9)19-23(2)53-36)25(4)34(49)40(6,43)37(50)54-30(14-16-42)41(7)33(24(3)31(22)47)45-38(51)56-41/h10-13,15,17-18,20,22-25,29-30,32-33,35-36,48H,14,16,19,21H2,1-9H3,(H,45,51)/b18-15+/t22-,23-,24+,25+,29+,30-,32-,33-,35-,36+,39-,40+,41-/m1/s1. The van der Waals surface area contributed by atoms with E-state index in [2.05, 4.69) is 10.3 Å². The number of aliphatic hydroxyl groups is 1. The number of Topliss-reactive ketones (excluding diaryl/α,β-unsaturated/α-hetero) is 2. The third-order valence-corrected chi connectivity index (χ3v) is 11.7. The second-order valence-electron chi connectivity index (χ2n) is 16.3. The maximum Gasteiger partial charge on any atom is 0.408 e. The molecule has 0 spiro atoms. The van der Waals surface area contributed by atoms with Gasteiger partial charge >= 0.3 is 12.1 Å². The molecule has 13 nitrogen and oxygen atoms in total. The molecule has 1 aromatic carbocycles. The van der Waals surface area contributed by atoms with Crippen LogP contribution in [0.25, 0.3) is 17.0 Å². The molecule has 0 bridgehead atoms. The Morgan fingerprint density at radius 1 is 1.07 bits per heavy atom. The Kier molecular flexibility index (Phi) is 12.9. The van der Waals surface area contributed by atoms with Crippen molar-refractivity contribution in [3.05, 3.63) is 48.4 Å². The summed E-state index contributed by atoms with van der Waals surface area (Å²) in [5.41, 5.74) is -5.33. The highest BCUT2D eigenvalue weighted by Gasteiger charge is 2.60. The van der Waals surface area contributed by atoms with Crippen molar-refractivity contribution < 1.29 is 56.7 Å². The first kappa shape index (κ1) is 43.1. The van der Waals surface area contributed by atoms with Gasteiger partial charge in [-0.15, -0.1) is 0 Å². The number of carbonyl (C=O) groups is 4. The van der Waals surface area contributed by atoms with Crippen LogP contribution in [0.5, 0.6) is 0 Å². The number of benzene rings is 1. The molecule has 3 fully saturated rings. The van der Waals surface area contributed by atoms with E-state index in [-0.39, 0.29) is 12.2 Å². The fourth-order valence-corrected chi connectivity index (χ4v) is 8.52. The second kappa shape index (κ2) is 16.8. The number of nitrogens with zero attached hydrogens (tertiary/aromatic N) is 2. The number of rotatable bonds is 8. The van der Waals surface area contributed by atoms with Gasteiger partial charge in [0.15, 0.2) is 17.7 Å². The fraction of sp³-hybridized carbons (Fsp3) is 0.634. The first-order valence-electron chi connectivity index (χ1n) is 19.1. The van der Waals surface area contributed by atoms with Crippen LogP contribution in [0.15, 0.2) is 42.8 Å². The summed E-state index contributed by atoms with van der Waals surface area (Å²) < 4.78 is 61.1. The number of pyridine rings is 1. The van der Waals surface area contributed by atoms with E-state index in [9.17, 15) is 28.7 Å². The van der Waals surface area contributed by atoms with Crippen molar-refractivity contribution in [3.63, 3.8) is 0 Å². The zero-order valence-corrected chi connectivity index (χ0v) is 33.5. The fourth-order valence-electron chi connectivity index (χ4n) is 8.52. The summed E-state index contributed by atoms with van der Waals surface area (Å²) in [6.07, 6.45) is -2.38. The number of hydrogen-bond acceptors (Lipinski definition) is 12. The van der Waals surface area contributed by atoms with Gasteiger partial charge in [-0.3, -0.25) is 19.0 Å². The molecule has 3 aliphatic heterocycles. The van der Waals surface area contributed by atoms with Gasteiger partial charge in [0.2, 0.25) is 0 Å². The monoisotopic (exact) mass is 787 g/mol. The number of ether oxygens (including phenoxy) is 5. The molecule has 3 saturated heterocycles. The Labute approximate surface area is 326 Å². The van der Waals surface area contributed by atoms with Gasteiger partial charge in [0.25, 0.3) is 5.67 Å². The maximum absolute atomic E-state index is 16.9. The van der Waals surface area contributed by atoms with Crippen LogP contribution < -0.4 is 5.32 Å². The Morgan fingerprint density at radius 2 is 1.79 bits per heavy atom. The number of amides is 1. The predicted molar refractivity (Wildman–Crippen MR) is 201 cm³/mol. The van der Waals surface area contributed by atoms with Crippen LogP contribution in [0.1, 0.15) is 73.3 Å². The minimum absolute atomic E-state index is 0.128. The molecule has 1 aromatic heterocycles. The van der Waals surface area contributed by atoms with Gasteiger partial charge in [-0.2, -0.15) is 0 Å². The summed E-state index contributed by atoms with van der Waals surface area (Å²) in [5, 5.41) is 15.1. The Bertz CT molecular complexity index is 1810. The molecule has 5 rings (SSSR count). The lowest BCUT2D eigenvalue weighted by Crippen LogP contribution is -2.61. The summed E-state index contributed by atoms with van der Waals surface area (Å²) in [4.78, 5) is 61.4. The zero-order chi connectivity index (χ0) is 41.3. The lowest BCUT2D eigenvalue weighted by molar-refractivity contribution is -0.293. The highest BCUT2D eigenvalue weighted by Crippen LogP contribution is 2.41. The number of fused-ring (bicyclic) bond motifs is 2. The molecule has 308 valence electrons. The van der Waals surface area contributed by atoms with Crippen molar-refractivity contribution in [1.29, 1.82) is 0 Å². The van der Waals surface area contributed by atoms with E-state index in [1.165, 1.54) is 20.1 Å². The average molecular weight is 788 g/mol. The number of aromatic nitrogens is 1. The Hall–Kier alpha value is -4.05. The molecule has 3 aliphatic rings. The van der Waals surface area contributed by atoms with Gasteiger partial charge in [0.05, 0.1) is 30.6 Å². The average Bonchev–Trinajstić information content (AvgIpc) is 3.46. The van der Waals surface area contributed by atoms with E-state index < -0.39 is 108 Å². The quantitative estimate of drug-likeness (QED) is 0.207. The number of carbonyl (C=O) groups excluding carboxylic acids is 4. The van der Waals surface area contributed by atoms with Crippen LogP contribution in [-0.4, -0.2) is 119 Å². The normalized spacial score (nSPS) is 38.9. The van der Waals surface area contributed by atoms with E-state index in [0.29, 0.717) is 12.0 Å². The van der Waals surface area contributed by atoms with Crippen molar-refractivity contribution >= 4 is 40.6 Å². The second-order valence-corrected chi connectivity index (χ2v) is 16.3. The lowest BCUT2D eigenvalue weighted by atomic mass is 9.73. The molecule has 4 heterocycles. The predicted octanol–water partition coefficient (Wildman–Crippen LogP) is 5.11. The van der Waals surface area contributed by atoms with Crippen LogP contribution >= 0.6 is 0 Å². The smallest absolute Gasteiger partial charge is 0.408 e. The largest absolute Gasteiger partial charge is 0.492 e. The van der Waals surface area contributed by atoms with Gasteiger partial charge in [-0.1, -0.05) is 39.0 Å². The van der Waals surface area contributed by atoms with Gasteiger partial charge < -0.3 is 39.0 Å². The van der Waals surface area contributed by atoms with E-state index in [4.69, 9.17) is 23.7 Å². The number of nitrogens with one attached hydrogen (secondary N) is 1. The summed E-state index contributed by atoms with van der Waals surface area (Å²) in [7, 11) is 3.59. The summed E-state index contributed by atoms with van der Waals surface area (Å²) in [6, 6.07) is 7.79. The number of halogens is 2. The van der Waals surface area contributed by atoms with Crippen LogP contribution in [0.2, 0.25) is 0 Å². The van der Waals surface area contributed by atoms with Gasteiger partial charge in [-0.25, -0.2) is 14.0 Å². The number of esters is 1. The van der Waals surface area contributed by atoms with Crippen molar-refractivity contribution in [2.24, 2.45) is 17.8 Å². The maximum atomic E-state index is 16.9. The van der Waals surface area contributed by atoms with Crippen LogP contribution in [-0.2, 0) is 38.1 Å². The highest BCUT2D eigenvalue weighted by molar-refractivity contribution is 6.08. The molecule has 0 aliphatic carbocycles. The van der Waals surface area contributed by atoms with Crippen molar-refractivity contribution in [2.75, 3.05) is 20.8 Å². The molecule has 15 heteroatoms. The van der Waals surface area contributed by atoms with E-state index >= 15 is 4.39 Å². The van der Waals surface area contributed by atoms with Crippen LogP contribution in [0, 0.1) is 17.8 Å². The SMILES string of the molecule is C[C@@H]1C[C@H](N(C)C)[C@@H](O)[C@H](O[C@@H]2[C@@H](C)C(=O)[C@](C)(F)C(=O)O[C@H](CCF)[C@@]3(C)OC(=O)N[C@@H]3[C@@H](C)C(=O)[C@H](C)C[C@@]2(C)O/C=C/c2ccc3cccnc3c2)O1. The van der Waals surface area contributed by atoms with Gasteiger partial charge in [0, 0.05) is 41.8 Å². The zero-order valence-electron chi connectivity index (χ0n) is 33.5. The number of hydrogen-bond donors (Lipinski definition) is 2. The number of aliphatic hydroxyl groups excluding tert-OH is 1.